The lowest BCUT2D eigenvalue weighted by Crippen LogP contribution is -2.14. The molecule has 0 aromatic heterocycles. The van der Waals surface area contributed by atoms with Crippen LogP contribution in [-0.2, 0) is 11.8 Å². The Hall–Kier alpha value is 0.100. The molecule has 0 aliphatic carbocycles. The van der Waals surface area contributed by atoms with E-state index in [4.69, 9.17) is 5.11 Å². The smallest absolute Gasteiger partial charge is 0.415 e. The molecule has 1 unspecified atom stereocenters. The van der Waals surface area contributed by atoms with Crippen LogP contribution in [0.4, 0.5) is 4.79 Å². The van der Waals surface area contributed by atoms with Crippen LogP contribution in [0.2, 0.25) is 0 Å². The van der Waals surface area contributed by atoms with Gasteiger partial charge in [0.25, 0.3) is 7.51 Å². The van der Waals surface area contributed by atoms with E-state index >= 15 is 0 Å². The predicted octanol–water partition coefficient (Wildman–Crippen LogP) is 0.462. The highest BCUT2D eigenvalue weighted by atomic mass is 32.4. The SMILES string of the molecule is O=C(O)NSN[PH+]=S. The van der Waals surface area contributed by atoms with Crippen LogP contribution in [0, 0.1) is 0 Å². The van der Waals surface area contributed by atoms with Crippen molar-refractivity contribution in [2.45, 2.75) is 0 Å². The van der Waals surface area contributed by atoms with Crippen LogP contribution in [0.1, 0.15) is 0 Å². The van der Waals surface area contributed by atoms with Gasteiger partial charge in [-0.1, -0.05) is 4.49 Å². The first-order valence-corrected chi connectivity index (χ1v) is 4.49. The second-order valence-electron chi connectivity index (χ2n) is 0.713. The molecule has 0 spiro atoms. The molecule has 0 heterocycles. The van der Waals surface area contributed by atoms with Crippen LogP contribution >= 0.6 is 19.6 Å². The van der Waals surface area contributed by atoms with Crippen molar-refractivity contribution in [3.63, 3.8) is 0 Å². The molecule has 0 aromatic carbocycles. The quantitative estimate of drug-likeness (QED) is 0.327. The van der Waals surface area contributed by atoms with Gasteiger partial charge in [-0.25, -0.2) is 9.52 Å². The third kappa shape index (κ3) is 6.10. The molecule has 0 aromatic rings. The highest BCUT2D eigenvalue weighted by molar-refractivity contribution is 8.06. The van der Waals surface area contributed by atoms with E-state index in [9.17, 15) is 4.79 Å². The van der Waals surface area contributed by atoms with E-state index in [1.54, 1.807) is 0 Å². The molecule has 1 atom stereocenters. The molecule has 8 heavy (non-hydrogen) atoms. The van der Waals surface area contributed by atoms with E-state index < -0.39 is 6.09 Å². The molecule has 0 radical (unpaired) electrons. The van der Waals surface area contributed by atoms with E-state index in [0.717, 1.165) is 12.1 Å². The second-order valence-corrected chi connectivity index (χ2v) is 2.75. The summed E-state index contributed by atoms with van der Waals surface area (Å²) in [7, 11) is 0.128. The van der Waals surface area contributed by atoms with Gasteiger partial charge < -0.3 is 5.11 Å². The van der Waals surface area contributed by atoms with Gasteiger partial charge >= 0.3 is 6.09 Å². The van der Waals surface area contributed by atoms with Crippen LogP contribution in [0.15, 0.2) is 0 Å². The summed E-state index contributed by atoms with van der Waals surface area (Å²) in [4.78, 5) is 9.67. The molecule has 0 saturated heterocycles. The Morgan fingerprint density at radius 2 is 2.50 bits per heavy atom. The highest BCUT2D eigenvalue weighted by Gasteiger charge is 1.92. The molecule has 0 saturated carbocycles. The molecule has 3 N–H and O–H groups in total. The van der Waals surface area contributed by atoms with Crippen LogP contribution < -0.4 is 9.21 Å². The van der Waals surface area contributed by atoms with Crippen LogP contribution in [0.25, 0.3) is 0 Å². The summed E-state index contributed by atoms with van der Waals surface area (Å²) in [6.45, 7) is 0. The highest BCUT2D eigenvalue weighted by Crippen LogP contribution is 1.92. The number of carboxylic acid groups (broad SMARTS) is 1. The zero-order valence-electron chi connectivity index (χ0n) is 3.67. The molecule has 0 fully saturated rings. The maximum absolute atomic E-state index is 9.67. The lowest BCUT2D eigenvalue weighted by Gasteiger charge is -1.87. The Kier molecular flexibility index (Phi) is 5.31. The number of nitrogens with one attached hydrogen (secondary N) is 2. The maximum atomic E-state index is 9.67. The van der Waals surface area contributed by atoms with Crippen molar-refractivity contribution in [3.8, 4) is 0 Å². The van der Waals surface area contributed by atoms with Crippen molar-refractivity contribution in [2.75, 3.05) is 0 Å². The van der Waals surface area contributed by atoms with Crippen molar-refractivity contribution in [3.05, 3.63) is 0 Å². The van der Waals surface area contributed by atoms with Gasteiger partial charge in [-0.15, -0.1) is 0 Å². The molecule has 0 aliphatic heterocycles. The summed E-state index contributed by atoms with van der Waals surface area (Å²) in [5, 5.41) is 7.94. The minimum Gasteiger partial charge on any atom is -0.464 e. The third-order valence-electron chi connectivity index (χ3n) is 0.231. The summed E-state index contributed by atoms with van der Waals surface area (Å²) in [5.74, 6) is 0. The monoisotopic (exact) mass is 171 g/mol. The van der Waals surface area contributed by atoms with Crippen LogP contribution in [0.5, 0.6) is 0 Å². The maximum Gasteiger partial charge on any atom is 0.415 e. The number of carbonyl (C=O) groups is 1. The van der Waals surface area contributed by atoms with Gasteiger partial charge in [-0.05, 0) is 0 Å². The lowest BCUT2D eigenvalue weighted by atomic mass is 11.3. The Labute approximate surface area is 57.2 Å². The second kappa shape index (κ2) is 5.24. The minimum atomic E-state index is -1.07. The molecular formula is CH4N2O2PS2+. The topological polar surface area (TPSA) is 61.4 Å². The number of rotatable bonds is 3. The first kappa shape index (κ1) is 8.10. The van der Waals surface area contributed by atoms with E-state index in [-0.39, 0.29) is 7.51 Å². The average molecular weight is 171 g/mol. The summed E-state index contributed by atoms with van der Waals surface area (Å²) < 4.78 is 4.56. The van der Waals surface area contributed by atoms with Gasteiger partial charge in [0.1, 0.15) is 0 Å². The summed E-state index contributed by atoms with van der Waals surface area (Å²) in [6, 6.07) is 0. The normalized spacial score (nSPS) is 9.00. The van der Waals surface area contributed by atoms with Gasteiger partial charge in [-0.2, -0.15) is 0 Å². The standard InChI is InChI=1S/CH3N2O2PS2/c4-1(5)2-8-3-6-7/h2H,(H,3,7)(H,4,5)/p+1. The van der Waals surface area contributed by atoms with Gasteiger partial charge in [0.2, 0.25) is 0 Å². The third-order valence-corrected chi connectivity index (χ3v) is 2.00. The van der Waals surface area contributed by atoms with E-state index in [1.165, 1.54) is 0 Å². The first-order valence-electron chi connectivity index (χ1n) is 1.54. The predicted molar refractivity (Wildman–Crippen MR) is 37.6 cm³/mol. The molecule has 0 rings (SSSR count). The van der Waals surface area contributed by atoms with Crippen LogP contribution in [0.3, 0.4) is 0 Å². The molecule has 7 heteroatoms. The molecular weight excluding hydrogens is 167 g/mol. The van der Waals surface area contributed by atoms with Gasteiger partial charge in [0.15, 0.2) is 11.8 Å². The van der Waals surface area contributed by atoms with E-state index in [1.807, 2.05) is 4.72 Å². The first-order chi connectivity index (χ1) is 3.77. The fourth-order valence-electron chi connectivity index (χ4n) is 0.0900. The van der Waals surface area contributed by atoms with Crippen LogP contribution in [-0.4, -0.2) is 11.2 Å². The zero-order valence-corrected chi connectivity index (χ0v) is 6.30. The Morgan fingerprint density at radius 3 is 2.88 bits per heavy atom. The molecule has 0 bridgehead atoms. The van der Waals surface area contributed by atoms with Crippen molar-refractivity contribution in [1.29, 1.82) is 0 Å². The van der Waals surface area contributed by atoms with Crippen molar-refractivity contribution in [2.24, 2.45) is 0 Å². The fraction of sp³-hybridized carbons (Fsp3) is 0. The zero-order chi connectivity index (χ0) is 6.41. The summed E-state index contributed by atoms with van der Waals surface area (Å²) >= 11 is 5.34. The lowest BCUT2D eigenvalue weighted by molar-refractivity contribution is 0.202. The van der Waals surface area contributed by atoms with E-state index in [0.29, 0.717) is 0 Å². The van der Waals surface area contributed by atoms with Crippen molar-refractivity contribution in [1.82, 2.24) is 9.21 Å². The average Bonchev–Trinajstić information content (AvgIpc) is 1.66. The van der Waals surface area contributed by atoms with Crippen molar-refractivity contribution >= 4 is 37.5 Å². The Balaban J connectivity index is 2.93. The van der Waals surface area contributed by atoms with Gasteiger partial charge in [0, 0.05) is 0 Å². The molecule has 4 nitrogen and oxygen atoms in total. The minimum absolute atomic E-state index is 0.128. The fourth-order valence-corrected chi connectivity index (χ4v) is 0.923. The largest absolute Gasteiger partial charge is 0.464 e. The van der Waals surface area contributed by atoms with Crippen molar-refractivity contribution < 1.29 is 9.90 Å². The molecule has 46 valence electrons. The molecule has 0 aliphatic rings. The number of hydrogen-bond acceptors (Lipinski definition) is 3. The Morgan fingerprint density at radius 1 is 1.88 bits per heavy atom. The van der Waals surface area contributed by atoms with Gasteiger partial charge in [-0.3, -0.25) is 0 Å². The molecule has 1 amide bonds. The number of amides is 1. The number of hydrogen-bond donors (Lipinski definition) is 3. The van der Waals surface area contributed by atoms with E-state index in [2.05, 4.69) is 16.3 Å². The van der Waals surface area contributed by atoms with Gasteiger partial charge in [0.05, 0.1) is 12.1 Å². The summed E-state index contributed by atoms with van der Waals surface area (Å²) in [6.07, 6.45) is -1.07. The Bertz CT molecular complexity index is 98.0. The summed E-state index contributed by atoms with van der Waals surface area (Å²) in [5.41, 5.74) is 0.